The van der Waals surface area contributed by atoms with Crippen molar-refractivity contribution in [2.75, 3.05) is 20.3 Å². The van der Waals surface area contributed by atoms with E-state index in [1.54, 1.807) is 18.1 Å². The summed E-state index contributed by atoms with van der Waals surface area (Å²) in [6.45, 7) is 1.73. The standard InChI is InChI=1S/C11H20N4O/c1-15-8-13-11(14-15)5-6-12-10(7-16-2)9-3-4-9/h8-10,12H,3-7H2,1-2H3. The molecule has 0 saturated heterocycles. The van der Waals surface area contributed by atoms with Crippen molar-refractivity contribution in [3.8, 4) is 0 Å². The molecule has 1 unspecified atom stereocenters. The molecule has 1 N–H and O–H groups in total. The maximum Gasteiger partial charge on any atom is 0.151 e. The summed E-state index contributed by atoms with van der Waals surface area (Å²) < 4.78 is 6.95. The molecule has 1 aromatic heterocycles. The Morgan fingerprint density at radius 2 is 2.44 bits per heavy atom. The van der Waals surface area contributed by atoms with Gasteiger partial charge >= 0.3 is 0 Å². The van der Waals surface area contributed by atoms with Crippen LogP contribution in [0.1, 0.15) is 18.7 Å². The van der Waals surface area contributed by atoms with Crippen LogP contribution in [0.25, 0.3) is 0 Å². The van der Waals surface area contributed by atoms with Crippen LogP contribution in [-0.4, -0.2) is 41.1 Å². The molecule has 1 aliphatic rings. The zero-order valence-corrected chi connectivity index (χ0v) is 10.0. The summed E-state index contributed by atoms with van der Waals surface area (Å²) in [5.74, 6) is 1.72. The van der Waals surface area contributed by atoms with Crippen LogP contribution < -0.4 is 5.32 Å². The van der Waals surface area contributed by atoms with E-state index in [2.05, 4.69) is 15.4 Å². The normalized spacial score (nSPS) is 17.6. The minimum absolute atomic E-state index is 0.508. The van der Waals surface area contributed by atoms with E-state index in [1.807, 2.05) is 7.05 Å². The highest BCUT2D eigenvalue weighted by atomic mass is 16.5. The summed E-state index contributed by atoms with van der Waals surface area (Å²) in [5, 5.41) is 7.77. The monoisotopic (exact) mass is 224 g/mol. The number of rotatable bonds is 7. The summed E-state index contributed by atoms with van der Waals surface area (Å²) in [7, 11) is 3.65. The van der Waals surface area contributed by atoms with Crippen LogP contribution >= 0.6 is 0 Å². The van der Waals surface area contributed by atoms with E-state index in [1.165, 1.54) is 12.8 Å². The van der Waals surface area contributed by atoms with Crippen molar-refractivity contribution in [1.82, 2.24) is 20.1 Å². The van der Waals surface area contributed by atoms with Crippen molar-refractivity contribution in [2.24, 2.45) is 13.0 Å². The van der Waals surface area contributed by atoms with Crippen molar-refractivity contribution in [3.63, 3.8) is 0 Å². The molecule has 1 aromatic rings. The molecule has 0 bridgehead atoms. The van der Waals surface area contributed by atoms with Crippen LogP contribution in [0.3, 0.4) is 0 Å². The predicted octanol–water partition coefficient (Wildman–Crippen LogP) is 0.372. The van der Waals surface area contributed by atoms with Gasteiger partial charge in [-0.3, -0.25) is 4.68 Å². The number of hydrogen-bond donors (Lipinski definition) is 1. The third-order valence-electron chi connectivity index (χ3n) is 2.94. The zero-order chi connectivity index (χ0) is 11.4. The quantitative estimate of drug-likeness (QED) is 0.727. The maximum absolute atomic E-state index is 5.21. The molecule has 2 rings (SSSR count). The second-order valence-corrected chi connectivity index (χ2v) is 4.44. The Kier molecular flexibility index (Phi) is 3.90. The average Bonchev–Trinajstić information content (AvgIpc) is 3.02. The van der Waals surface area contributed by atoms with E-state index >= 15 is 0 Å². The largest absolute Gasteiger partial charge is 0.383 e. The van der Waals surface area contributed by atoms with Gasteiger partial charge in [0.15, 0.2) is 5.82 Å². The number of aryl methyl sites for hydroxylation is 1. The number of nitrogens with zero attached hydrogens (tertiary/aromatic N) is 3. The number of methoxy groups -OCH3 is 1. The number of nitrogens with one attached hydrogen (secondary N) is 1. The maximum atomic E-state index is 5.21. The second-order valence-electron chi connectivity index (χ2n) is 4.44. The van der Waals surface area contributed by atoms with Gasteiger partial charge in [-0.2, -0.15) is 5.10 Å². The molecule has 90 valence electrons. The Balaban J connectivity index is 1.69. The minimum atomic E-state index is 0.508. The Bertz CT molecular complexity index is 322. The summed E-state index contributed by atoms with van der Waals surface area (Å²) in [6, 6.07) is 0.508. The molecule has 0 radical (unpaired) electrons. The fourth-order valence-corrected chi connectivity index (χ4v) is 1.91. The molecule has 1 atom stereocenters. The van der Waals surface area contributed by atoms with Crippen molar-refractivity contribution in [1.29, 1.82) is 0 Å². The van der Waals surface area contributed by atoms with Crippen molar-refractivity contribution in [2.45, 2.75) is 25.3 Å². The summed E-state index contributed by atoms with van der Waals surface area (Å²) in [6.07, 6.45) is 5.29. The third kappa shape index (κ3) is 3.28. The van der Waals surface area contributed by atoms with Crippen LogP contribution in [-0.2, 0) is 18.2 Å². The first-order valence-electron chi connectivity index (χ1n) is 5.86. The third-order valence-corrected chi connectivity index (χ3v) is 2.94. The molecule has 1 aliphatic carbocycles. The SMILES string of the molecule is COCC(NCCc1ncn(C)n1)C1CC1. The number of hydrogen-bond acceptors (Lipinski definition) is 4. The molecule has 1 heterocycles. The van der Waals surface area contributed by atoms with E-state index in [0.29, 0.717) is 6.04 Å². The summed E-state index contributed by atoms with van der Waals surface area (Å²) in [4.78, 5) is 4.20. The van der Waals surface area contributed by atoms with Gasteiger partial charge in [0.25, 0.3) is 0 Å². The van der Waals surface area contributed by atoms with Crippen LogP contribution in [0, 0.1) is 5.92 Å². The van der Waals surface area contributed by atoms with Gasteiger partial charge in [0, 0.05) is 33.2 Å². The fourth-order valence-electron chi connectivity index (χ4n) is 1.91. The van der Waals surface area contributed by atoms with Gasteiger partial charge in [-0.15, -0.1) is 0 Å². The van der Waals surface area contributed by atoms with Crippen LogP contribution in [0.5, 0.6) is 0 Å². The van der Waals surface area contributed by atoms with E-state index < -0.39 is 0 Å². The number of ether oxygens (including phenoxy) is 1. The highest BCUT2D eigenvalue weighted by Gasteiger charge is 2.30. The molecular formula is C11H20N4O. The van der Waals surface area contributed by atoms with E-state index in [0.717, 1.165) is 31.3 Å². The molecule has 0 aromatic carbocycles. The molecule has 16 heavy (non-hydrogen) atoms. The Labute approximate surface area is 96.2 Å². The fraction of sp³-hybridized carbons (Fsp3) is 0.818. The lowest BCUT2D eigenvalue weighted by Crippen LogP contribution is -2.36. The highest BCUT2D eigenvalue weighted by Crippen LogP contribution is 2.32. The first-order chi connectivity index (χ1) is 7.79. The van der Waals surface area contributed by atoms with Crippen molar-refractivity contribution < 1.29 is 4.74 Å². The lowest BCUT2D eigenvalue weighted by Gasteiger charge is -2.16. The molecule has 1 fully saturated rings. The lowest BCUT2D eigenvalue weighted by molar-refractivity contribution is 0.158. The molecule has 5 nitrogen and oxygen atoms in total. The van der Waals surface area contributed by atoms with Gasteiger partial charge in [0.05, 0.1) is 6.61 Å². The first kappa shape index (κ1) is 11.5. The van der Waals surface area contributed by atoms with Crippen LogP contribution in [0.15, 0.2) is 6.33 Å². The second kappa shape index (κ2) is 5.41. The van der Waals surface area contributed by atoms with Gasteiger partial charge in [0.2, 0.25) is 0 Å². The molecular weight excluding hydrogens is 204 g/mol. The Morgan fingerprint density at radius 3 is 3.00 bits per heavy atom. The van der Waals surface area contributed by atoms with E-state index in [-0.39, 0.29) is 0 Å². The molecule has 1 saturated carbocycles. The highest BCUT2D eigenvalue weighted by molar-refractivity contribution is 4.88. The topological polar surface area (TPSA) is 52.0 Å². The van der Waals surface area contributed by atoms with E-state index in [4.69, 9.17) is 4.74 Å². The van der Waals surface area contributed by atoms with Gasteiger partial charge in [-0.25, -0.2) is 4.98 Å². The van der Waals surface area contributed by atoms with Gasteiger partial charge in [-0.1, -0.05) is 0 Å². The molecule has 0 amide bonds. The van der Waals surface area contributed by atoms with E-state index in [9.17, 15) is 0 Å². The summed E-state index contributed by atoms with van der Waals surface area (Å²) >= 11 is 0. The minimum Gasteiger partial charge on any atom is -0.383 e. The predicted molar refractivity (Wildman–Crippen MR) is 61.1 cm³/mol. The average molecular weight is 224 g/mol. The van der Waals surface area contributed by atoms with Gasteiger partial charge in [0.1, 0.15) is 6.33 Å². The summed E-state index contributed by atoms with van der Waals surface area (Å²) in [5.41, 5.74) is 0. The van der Waals surface area contributed by atoms with Gasteiger partial charge in [-0.05, 0) is 18.8 Å². The van der Waals surface area contributed by atoms with Crippen LogP contribution in [0.4, 0.5) is 0 Å². The lowest BCUT2D eigenvalue weighted by atomic mass is 10.2. The Morgan fingerprint density at radius 1 is 1.62 bits per heavy atom. The smallest absolute Gasteiger partial charge is 0.151 e. The number of aromatic nitrogens is 3. The molecule has 5 heteroatoms. The van der Waals surface area contributed by atoms with Gasteiger partial charge < -0.3 is 10.1 Å². The molecule has 0 spiro atoms. The van der Waals surface area contributed by atoms with Crippen LogP contribution in [0.2, 0.25) is 0 Å². The van der Waals surface area contributed by atoms with Crippen molar-refractivity contribution in [3.05, 3.63) is 12.2 Å². The zero-order valence-electron chi connectivity index (χ0n) is 10.0. The molecule has 0 aliphatic heterocycles. The first-order valence-corrected chi connectivity index (χ1v) is 5.86. The van der Waals surface area contributed by atoms with Crippen molar-refractivity contribution >= 4 is 0 Å². The Hall–Kier alpha value is -0.940.